The first-order valence-corrected chi connectivity index (χ1v) is 8.27. The minimum Gasteiger partial charge on any atom is -0.465 e. The molecule has 0 heterocycles. The number of carbonyl (C=O) groups excluding carboxylic acids is 3. The van der Waals surface area contributed by atoms with E-state index in [1.807, 2.05) is 20.8 Å². The number of benzene rings is 1. The summed E-state index contributed by atoms with van der Waals surface area (Å²) in [7, 11) is 3.03. The Kier molecular flexibility index (Phi) is 8.07. The molecule has 1 rings (SSSR count). The molecule has 0 aromatic heterocycles. The number of methoxy groups -OCH3 is 1. The van der Waals surface area contributed by atoms with Crippen LogP contribution in [-0.4, -0.2) is 67.9 Å². The van der Waals surface area contributed by atoms with Crippen LogP contribution in [0.3, 0.4) is 0 Å². The lowest BCUT2D eigenvalue weighted by atomic mass is 10.1. The molecule has 0 unspecified atom stereocenters. The van der Waals surface area contributed by atoms with Crippen LogP contribution in [0.2, 0.25) is 0 Å². The van der Waals surface area contributed by atoms with Gasteiger partial charge in [0.1, 0.15) is 0 Å². The van der Waals surface area contributed by atoms with Crippen molar-refractivity contribution in [2.45, 2.75) is 20.8 Å². The summed E-state index contributed by atoms with van der Waals surface area (Å²) in [5.74, 6) is -0.721. The Morgan fingerprint density at radius 1 is 1.12 bits per heavy atom. The fourth-order valence-corrected chi connectivity index (χ4v) is 2.40. The topological polar surface area (TPSA) is 79.0 Å². The Morgan fingerprint density at radius 2 is 1.76 bits per heavy atom. The number of carbonyl (C=O) groups is 3. The first-order chi connectivity index (χ1) is 11.8. The van der Waals surface area contributed by atoms with Gasteiger partial charge < -0.3 is 15.0 Å². The second-order valence-electron chi connectivity index (χ2n) is 5.81. The van der Waals surface area contributed by atoms with Crippen LogP contribution in [0.1, 0.15) is 29.8 Å². The summed E-state index contributed by atoms with van der Waals surface area (Å²) < 4.78 is 4.69. The number of likely N-dealkylation sites (N-methyl/N-ethyl adjacent to an activating group) is 2. The lowest BCUT2D eigenvalue weighted by Crippen LogP contribution is -2.41. The molecule has 0 spiro atoms. The molecular formula is C18H27N3O4. The van der Waals surface area contributed by atoms with Crippen LogP contribution in [-0.2, 0) is 14.3 Å². The Bertz CT molecular complexity index is 627. The summed E-state index contributed by atoms with van der Waals surface area (Å²) in [6.07, 6.45) is 0. The zero-order valence-electron chi connectivity index (χ0n) is 15.6. The second-order valence-corrected chi connectivity index (χ2v) is 5.81. The zero-order chi connectivity index (χ0) is 19.0. The molecule has 0 atom stereocenters. The molecule has 0 aliphatic rings. The van der Waals surface area contributed by atoms with Gasteiger partial charge in [-0.2, -0.15) is 0 Å². The number of hydrogen-bond acceptors (Lipinski definition) is 5. The van der Waals surface area contributed by atoms with E-state index in [9.17, 15) is 14.4 Å². The van der Waals surface area contributed by atoms with E-state index in [1.54, 1.807) is 35.0 Å². The van der Waals surface area contributed by atoms with Crippen molar-refractivity contribution in [1.82, 2.24) is 9.80 Å². The van der Waals surface area contributed by atoms with Crippen molar-refractivity contribution >= 4 is 23.5 Å². The maximum absolute atomic E-state index is 12.2. The lowest BCUT2D eigenvalue weighted by Gasteiger charge is -2.22. The lowest BCUT2D eigenvalue weighted by molar-refractivity contribution is -0.132. The number of amides is 2. The van der Waals surface area contributed by atoms with Crippen LogP contribution in [0.15, 0.2) is 18.2 Å². The van der Waals surface area contributed by atoms with Crippen LogP contribution in [0, 0.1) is 6.92 Å². The van der Waals surface area contributed by atoms with Gasteiger partial charge in [-0.05, 0) is 45.5 Å². The number of hydrogen-bond donors (Lipinski definition) is 1. The number of nitrogens with one attached hydrogen (secondary N) is 1. The minimum absolute atomic E-state index is 0.0100. The largest absolute Gasteiger partial charge is 0.465 e. The summed E-state index contributed by atoms with van der Waals surface area (Å²) in [5, 5.41) is 2.78. The van der Waals surface area contributed by atoms with Gasteiger partial charge in [-0.3, -0.25) is 14.5 Å². The first kappa shape index (κ1) is 20.6. The molecule has 7 heteroatoms. The van der Waals surface area contributed by atoms with Gasteiger partial charge in [-0.1, -0.05) is 6.07 Å². The maximum atomic E-state index is 12.2. The van der Waals surface area contributed by atoms with Crippen molar-refractivity contribution in [2.24, 2.45) is 0 Å². The Morgan fingerprint density at radius 3 is 2.32 bits per heavy atom. The van der Waals surface area contributed by atoms with Crippen molar-refractivity contribution in [1.29, 1.82) is 0 Å². The smallest absolute Gasteiger partial charge is 0.337 e. The van der Waals surface area contributed by atoms with Crippen LogP contribution in [0.25, 0.3) is 0 Å². The third-order valence-corrected chi connectivity index (χ3v) is 3.87. The molecular weight excluding hydrogens is 322 g/mol. The Balaban J connectivity index is 2.67. The Hall–Kier alpha value is -2.41. The number of ether oxygens (including phenoxy) is 1. The summed E-state index contributed by atoms with van der Waals surface area (Å²) in [5.41, 5.74) is 1.76. The molecule has 7 nitrogen and oxygen atoms in total. The average Bonchev–Trinajstić information content (AvgIpc) is 2.56. The minimum atomic E-state index is -0.461. The van der Waals surface area contributed by atoms with Crippen LogP contribution < -0.4 is 5.32 Å². The highest BCUT2D eigenvalue weighted by Crippen LogP contribution is 2.17. The molecule has 138 valence electrons. The van der Waals surface area contributed by atoms with Crippen molar-refractivity contribution in [3.05, 3.63) is 29.3 Å². The predicted molar refractivity (Wildman–Crippen MR) is 96.6 cm³/mol. The van der Waals surface area contributed by atoms with Gasteiger partial charge in [-0.15, -0.1) is 0 Å². The summed E-state index contributed by atoms with van der Waals surface area (Å²) in [4.78, 5) is 39.3. The zero-order valence-corrected chi connectivity index (χ0v) is 15.6. The van der Waals surface area contributed by atoms with Crippen molar-refractivity contribution < 1.29 is 19.1 Å². The van der Waals surface area contributed by atoms with Crippen molar-refractivity contribution in [3.63, 3.8) is 0 Å². The highest BCUT2D eigenvalue weighted by Gasteiger charge is 2.16. The summed E-state index contributed by atoms with van der Waals surface area (Å²) >= 11 is 0. The standard InChI is InChI=1S/C18H27N3O4/c1-6-21(7-2)17(23)12-20(4)11-16(22)19-15-10-14(18(24)25-5)9-8-13(15)3/h8-10H,6-7,11-12H2,1-5H3,(H,19,22). The number of nitrogens with zero attached hydrogens (tertiary/aromatic N) is 2. The SMILES string of the molecule is CCN(CC)C(=O)CN(C)CC(=O)Nc1cc(C(=O)OC)ccc1C. The molecule has 1 N–H and O–H groups in total. The molecule has 0 fully saturated rings. The highest BCUT2D eigenvalue weighted by molar-refractivity contribution is 5.96. The third kappa shape index (κ3) is 6.19. The van der Waals surface area contributed by atoms with Gasteiger partial charge in [0.05, 0.1) is 25.8 Å². The molecule has 2 amide bonds. The van der Waals surface area contributed by atoms with Gasteiger partial charge in [0.15, 0.2) is 0 Å². The highest BCUT2D eigenvalue weighted by atomic mass is 16.5. The van der Waals surface area contributed by atoms with E-state index in [2.05, 4.69) is 10.1 Å². The van der Waals surface area contributed by atoms with E-state index in [1.165, 1.54) is 7.11 Å². The fraction of sp³-hybridized carbons (Fsp3) is 0.500. The van der Waals surface area contributed by atoms with Gasteiger partial charge in [0.2, 0.25) is 11.8 Å². The molecule has 1 aromatic rings. The molecule has 1 aromatic carbocycles. The van der Waals surface area contributed by atoms with E-state index in [0.717, 1.165) is 5.56 Å². The molecule has 0 radical (unpaired) electrons. The van der Waals surface area contributed by atoms with Gasteiger partial charge >= 0.3 is 5.97 Å². The van der Waals surface area contributed by atoms with E-state index in [-0.39, 0.29) is 24.9 Å². The molecule has 25 heavy (non-hydrogen) atoms. The fourth-order valence-electron chi connectivity index (χ4n) is 2.40. The van der Waals surface area contributed by atoms with Gasteiger partial charge in [0, 0.05) is 18.8 Å². The Labute approximate surface area is 148 Å². The molecule has 0 aliphatic carbocycles. The predicted octanol–water partition coefficient (Wildman–Crippen LogP) is 1.52. The van der Waals surface area contributed by atoms with E-state index < -0.39 is 5.97 Å². The average molecular weight is 349 g/mol. The maximum Gasteiger partial charge on any atom is 0.337 e. The number of aryl methyl sites for hydroxylation is 1. The van der Waals surface area contributed by atoms with Gasteiger partial charge in [0.25, 0.3) is 0 Å². The molecule has 0 aliphatic heterocycles. The van der Waals surface area contributed by atoms with E-state index >= 15 is 0 Å². The van der Waals surface area contributed by atoms with E-state index in [4.69, 9.17) is 0 Å². The number of anilines is 1. The normalized spacial score (nSPS) is 10.5. The first-order valence-electron chi connectivity index (χ1n) is 8.27. The molecule has 0 saturated heterocycles. The summed E-state index contributed by atoms with van der Waals surface area (Å²) in [6.45, 7) is 7.23. The van der Waals surface area contributed by atoms with E-state index in [0.29, 0.717) is 24.3 Å². The van der Waals surface area contributed by atoms with Crippen LogP contribution in [0.4, 0.5) is 5.69 Å². The molecule has 0 saturated carbocycles. The van der Waals surface area contributed by atoms with Gasteiger partial charge in [-0.25, -0.2) is 4.79 Å². The quantitative estimate of drug-likeness (QED) is 0.720. The second kappa shape index (κ2) is 9.78. The van der Waals surface area contributed by atoms with Crippen LogP contribution in [0.5, 0.6) is 0 Å². The van der Waals surface area contributed by atoms with Crippen molar-refractivity contribution in [2.75, 3.05) is 45.7 Å². The number of rotatable bonds is 8. The number of esters is 1. The van der Waals surface area contributed by atoms with Crippen LogP contribution >= 0.6 is 0 Å². The van der Waals surface area contributed by atoms with Crippen molar-refractivity contribution in [3.8, 4) is 0 Å². The summed E-state index contributed by atoms with van der Waals surface area (Å²) in [6, 6.07) is 4.97. The monoisotopic (exact) mass is 349 g/mol. The third-order valence-electron chi connectivity index (χ3n) is 3.87. The molecule has 0 bridgehead atoms.